The lowest BCUT2D eigenvalue weighted by molar-refractivity contribution is 0.205. The highest BCUT2D eigenvalue weighted by Crippen LogP contribution is 2.29. The Kier molecular flexibility index (Phi) is 4.64. The van der Waals surface area contributed by atoms with E-state index in [0.717, 1.165) is 25.4 Å². The predicted octanol–water partition coefficient (Wildman–Crippen LogP) is 2.98. The number of carbonyl (C=O) groups excluding carboxylic acids is 1. The van der Waals surface area contributed by atoms with Gasteiger partial charge in [-0.15, -0.1) is 11.3 Å². The van der Waals surface area contributed by atoms with Gasteiger partial charge in [-0.05, 0) is 42.5 Å². The maximum Gasteiger partial charge on any atom is 0.317 e. The van der Waals surface area contributed by atoms with Crippen LogP contribution in [0.25, 0.3) is 0 Å². The zero-order chi connectivity index (χ0) is 13.0. The summed E-state index contributed by atoms with van der Waals surface area (Å²) in [6, 6.07) is 4.30. The van der Waals surface area contributed by atoms with E-state index < -0.39 is 0 Å². The van der Waals surface area contributed by atoms with Gasteiger partial charge in [0.15, 0.2) is 0 Å². The number of carbonyl (C=O) groups is 1. The molecule has 1 heterocycles. The number of nitrogens with one attached hydrogen (secondary N) is 1. The molecule has 0 spiro atoms. The number of hydrogen-bond donors (Lipinski definition) is 1. The van der Waals surface area contributed by atoms with E-state index in [2.05, 4.69) is 29.8 Å². The van der Waals surface area contributed by atoms with Crippen molar-refractivity contribution >= 4 is 17.4 Å². The zero-order valence-corrected chi connectivity index (χ0v) is 12.0. The van der Waals surface area contributed by atoms with E-state index in [1.165, 1.54) is 17.7 Å². The third-order valence-electron chi connectivity index (χ3n) is 3.31. The SMILES string of the molecule is C[C@H](CNC(=O)N(C)CC1CC1)Cc1cccs1. The third-order valence-corrected chi connectivity index (χ3v) is 4.21. The fourth-order valence-electron chi connectivity index (χ4n) is 2.01. The summed E-state index contributed by atoms with van der Waals surface area (Å²) in [5.74, 6) is 1.24. The highest BCUT2D eigenvalue weighted by Gasteiger charge is 2.24. The summed E-state index contributed by atoms with van der Waals surface area (Å²) in [7, 11) is 1.89. The van der Waals surface area contributed by atoms with Crippen LogP contribution >= 0.6 is 11.3 Å². The van der Waals surface area contributed by atoms with Crippen molar-refractivity contribution in [3.63, 3.8) is 0 Å². The van der Waals surface area contributed by atoms with Crippen LogP contribution in [0.2, 0.25) is 0 Å². The Hall–Kier alpha value is -1.03. The lowest BCUT2D eigenvalue weighted by Gasteiger charge is -2.19. The Morgan fingerprint density at radius 2 is 2.39 bits per heavy atom. The summed E-state index contributed by atoms with van der Waals surface area (Å²) in [6.45, 7) is 3.85. The second-order valence-corrected chi connectivity index (χ2v) is 6.43. The van der Waals surface area contributed by atoms with Crippen LogP contribution in [0, 0.1) is 11.8 Å². The molecule has 0 aliphatic heterocycles. The summed E-state index contributed by atoms with van der Waals surface area (Å²) in [5, 5.41) is 5.12. The first-order valence-electron chi connectivity index (χ1n) is 6.66. The van der Waals surface area contributed by atoms with Gasteiger partial charge in [-0.2, -0.15) is 0 Å². The lowest BCUT2D eigenvalue weighted by atomic mass is 10.1. The molecule has 4 heteroatoms. The molecule has 0 unspecified atom stereocenters. The smallest absolute Gasteiger partial charge is 0.317 e. The van der Waals surface area contributed by atoms with Crippen LogP contribution in [0.5, 0.6) is 0 Å². The molecule has 1 aromatic rings. The lowest BCUT2D eigenvalue weighted by Crippen LogP contribution is -2.40. The van der Waals surface area contributed by atoms with E-state index in [1.54, 1.807) is 11.3 Å². The monoisotopic (exact) mass is 266 g/mol. The van der Waals surface area contributed by atoms with Crippen molar-refractivity contribution in [3.8, 4) is 0 Å². The second kappa shape index (κ2) is 6.23. The van der Waals surface area contributed by atoms with E-state index in [1.807, 2.05) is 11.9 Å². The van der Waals surface area contributed by atoms with Crippen LogP contribution in [0.1, 0.15) is 24.6 Å². The molecule has 1 N–H and O–H groups in total. The van der Waals surface area contributed by atoms with E-state index in [-0.39, 0.29) is 6.03 Å². The Balaban J connectivity index is 1.64. The van der Waals surface area contributed by atoms with E-state index in [4.69, 9.17) is 0 Å². The van der Waals surface area contributed by atoms with Crippen molar-refractivity contribution in [1.29, 1.82) is 0 Å². The van der Waals surface area contributed by atoms with Gasteiger partial charge in [-0.3, -0.25) is 0 Å². The van der Waals surface area contributed by atoms with Crippen LogP contribution in [0.15, 0.2) is 17.5 Å². The Bertz CT molecular complexity index is 373. The number of urea groups is 1. The van der Waals surface area contributed by atoms with Crippen LogP contribution in [-0.4, -0.2) is 31.1 Å². The molecule has 1 saturated carbocycles. The van der Waals surface area contributed by atoms with Gasteiger partial charge >= 0.3 is 6.03 Å². The van der Waals surface area contributed by atoms with Gasteiger partial charge in [0.1, 0.15) is 0 Å². The summed E-state index contributed by atoms with van der Waals surface area (Å²) in [6.07, 6.45) is 3.61. The van der Waals surface area contributed by atoms with Crippen LogP contribution in [-0.2, 0) is 6.42 Å². The maximum atomic E-state index is 11.8. The van der Waals surface area contributed by atoms with Gasteiger partial charge in [0.05, 0.1) is 0 Å². The molecular weight excluding hydrogens is 244 g/mol. The van der Waals surface area contributed by atoms with Crippen molar-refractivity contribution in [2.24, 2.45) is 11.8 Å². The molecule has 0 saturated heterocycles. The van der Waals surface area contributed by atoms with Crippen LogP contribution < -0.4 is 5.32 Å². The van der Waals surface area contributed by atoms with Gasteiger partial charge < -0.3 is 10.2 Å². The molecule has 1 aromatic heterocycles. The van der Waals surface area contributed by atoms with Crippen molar-refractivity contribution in [3.05, 3.63) is 22.4 Å². The summed E-state index contributed by atoms with van der Waals surface area (Å²) in [5.41, 5.74) is 0. The number of hydrogen-bond acceptors (Lipinski definition) is 2. The first-order valence-corrected chi connectivity index (χ1v) is 7.54. The normalized spacial score (nSPS) is 16.3. The van der Waals surface area contributed by atoms with Crippen LogP contribution in [0.3, 0.4) is 0 Å². The topological polar surface area (TPSA) is 32.3 Å². The van der Waals surface area contributed by atoms with Crippen molar-refractivity contribution < 1.29 is 4.79 Å². The molecule has 2 amide bonds. The molecule has 1 aliphatic rings. The fraction of sp³-hybridized carbons (Fsp3) is 0.643. The minimum Gasteiger partial charge on any atom is -0.338 e. The molecule has 1 atom stereocenters. The Morgan fingerprint density at radius 3 is 3.00 bits per heavy atom. The molecule has 0 bridgehead atoms. The minimum atomic E-state index is 0.0694. The average molecular weight is 266 g/mol. The highest BCUT2D eigenvalue weighted by molar-refractivity contribution is 7.09. The fourth-order valence-corrected chi connectivity index (χ4v) is 2.88. The second-order valence-electron chi connectivity index (χ2n) is 5.40. The Labute approximate surface area is 113 Å². The van der Waals surface area contributed by atoms with E-state index in [0.29, 0.717) is 5.92 Å². The quantitative estimate of drug-likeness (QED) is 0.843. The molecule has 3 nitrogen and oxygen atoms in total. The van der Waals surface area contributed by atoms with Gasteiger partial charge in [0.2, 0.25) is 0 Å². The van der Waals surface area contributed by atoms with E-state index >= 15 is 0 Å². The molecule has 18 heavy (non-hydrogen) atoms. The van der Waals surface area contributed by atoms with Crippen LogP contribution in [0.4, 0.5) is 4.79 Å². The van der Waals surface area contributed by atoms with Gasteiger partial charge in [0.25, 0.3) is 0 Å². The first kappa shape index (κ1) is 13.4. The average Bonchev–Trinajstić information content (AvgIpc) is 3.00. The van der Waals surface area contributed by atoms with Crippen molar-refractivity contribution in [2.45, 2.75) is 26.2 Å². The van der Waals surface area contributed by atoms with Crippen molar-refractivity contribution in [1.82, 2.24) is 10.2 Å². The number of nitrogens with zero attached hydrogens (tertiary/aromatic N) is 1. The van der Waals surface area contributed by atoms with Crippen molar-refractivity contribution in [2.75, 3.05) is 20.1 Å². The molecule has 2 rings (SSSR count). The number of amides is 2. The zero-order valence-electron chi connectivity index (χ0n) is 11.2. The number of rotatable bonds is 6. The third kappa shape index (κ3) is 4.33. The first-order chi connectivity index (χ1) is 8.65. The Morgan fingerprint density at radius 1 is 1.61 bits per heavy atom. The standard InChI is InChI=1S/C14H22N2OS/c1-11(8-13-4-3-7-18-13)9-15-14(17)16(2)10-12-5-6-12/h3-4,7,11-12H,5-6,8-10H2,1-2H3,(H,15,17)/t11-/m0/s1. The number of thiophene rings is 1. The summed E-state index contributed by atoms with van der Waals surface area (Å²) in [4.78, 5) is 15.0. The molecule has 100 valence electrons. The molecule has 0 radical (unpaired) electrons. The largest absolute Gasteiger partial charge is 0.338 e. The predicted molar refractivity (Wildman–Crippen MR) is 75.9 cm³/mol. The highest BCUT2D eigenvalue weighted by atomic mass is 32.1. The summed E-state index contributed by atoms with van der Waals surface area (Å²) >= 11 is 1.79. The minimum absolute atomic E-state index is 0.0694. The van der Waals surface area contributed by atoms with Gasteiger partial charge in [0, 0.05) is 25.0 Å². The molecule has 1 aliphatic carbocycles. The molecular formula is C14H22N2OS. The van der Waals surface area contributed by atoms with Gasteiger partial charge in [-0.1, -0.05) is 13.0 Å². The molecule has 0 aromatic carbocycles. The van der Waals surface area contributed by atoms with E-state index in [9.17, 15) is 4.79 Å². The maximum absolute atomic E-state index is 11.8. The molecule has 1 fully saturated rings. The van der Waals surface area contributed by atoms with Gasteiger partial charge in [-0.25, -0.2) is 4.79 Å². The summed E-state index contributed by atoms with van der Waals surface area (Å²) < 4.78 is 0.